The molecule has 0 spiro atoms. The van der Waals surface area contributed by atoms with Gasteiger partial charge in [0.25, 0.3) is 0 Å². The Morgan fingerprint density at radius 1 is 1.24 bits per heavy atom. The van der Waals surface area contributed by atoms with Gasteiger partial charge in [-0.2, -0.15) is 5.10 Å². The molecule has 0 fully saturated rings. The van der Waals surface area contributed by atoms with Crippen LogP contribution in [-0.4, -0.2) is 24.9 Å². The van der Waals surface area contributed by atoms with Gasteiger partial charge in [0.2, 0.25) is 0 Å². The van der Waals surface area contributed by atoms with Crippen molar-refractivity contribution >= 4 is 24.0 Å². The van der Waals surface area contributed by atoms with Crippen LogP contribution < -0.4 is 11.2 Å². The number of nitrogens with zero attached hydrogens (tertiary/aromatic N) is 2. The van der Waals surface area contributed by atoms with Crippen molar-refractivity contribution in [1.82, 2.24) is 5.43 Å². The first kappa shape index (κ1) is 16.0. The lowest BCUT2D eigenvalue weighted by atomic mass is 10.2. The fourth-order valence-corrected chi connectivity index (χ4v) is 1.37. The number of halogens is 1. The number of rotatable bonds is 10. The Morgan fingerprint density at radius 2 is 2.00 bits per heavy atom. The third kappa shape index (κ3) is 11.2. The lowest BCUT2D eigenvalue weighted by molar-refractivity contribution is 0.597. The molecule has 0 aliphatic carbocycles. The molecule has 0 aromatic heterocycles. The zero-order valence-corrected chi connectivity index (χ0v) is 11.3. The van der Waals surface area contributed by atoms with Crippen LogP contribution in [0.4, 0.5) is 0 Å². The van der Waals surface area contributed by atoms with Crippen molar-refractivity contribution in [2.75, 3.05) is 12.4 Å². The number of allylic oxidation sites excluding steroid dienone is 1. The number of hydrogen-bond acceptors (Lipinski definition) is 4. The number of hydrazone groups is 1. The highest BCUT2D eigenvalue weighted by molar-refractivity contribution is 6.20. The minimum absolute atomic E-state index is 0.311. The van der Waals surface area contributed by atoms with E-state index in [1.54, 1.807) is 12.4 Å². The van der Waals surface area contributed by atoms with Crippen LogP contribution in [0.1, 0.15) is 39.0 Å². The van der Waals surface area contributed by atoms with E-state index in [-0.39, 0.29) is 0 Å². The maximum atomic E-state index is 5.57. The largest absolute Gasteiger partial charge is 0.403 e. The van der Waals surface area contributed by atoms with Crippen LogP contribution in [-0.2, 0) is 0 Å². The van der Waals surface area contributed by atoms with Crippen molar-refractivity contribution in [1.29, 1.82) is 0 Å². The van der Waals surface area contributed by atoms with E-state index in [2.05, 4.69) is 22.4 Å². The Hall–Kier alpha value is -1.03. The van der Waals surface area contributed by atoms with Crippen LogP contribution in [0.3, 0.4) is 0 Å². The molecule has 0 aromatic carbocycles. The van der Waals surface area contributed by atoms with E-state index in [0.717, 1.165) is 13.0 Å². The fraction of sp³-hybridized carbons (Fsp3) is 0.667. The van der Waals surface area contributed by atoms with Crippen molar-refractivity contribution in [3.63, 3.8) is 0 Å². The van der Waals surface area contributed by atoms with Gasteiger partial charge in [0.15, 0.2) is 0 Å². The Labute approximate surface area is 109 Å². The Balaban J connectivity index is 3.42. The third-order valence-corrected chi connectivity index (χ3v) is 2.47. The second-order valence-corrected chi connectivity index (χ2v) is 3.94. The van der Waals surface area contributed by atoms with E-state index in [9.17, 15) is 0 Å². The first-order valence-corrected chi connectivity index (χ1v) is 6.63. The predicted octanol–water partition coefficient (Wildman–Crippen LogP) is 2.64. The van der Waals surface area contributed by atoms with E-state index in [1.165, 1.54) is 31.9 Å². The molecular formula is C12H23ClN4. The van der Waals surface area contributed by atoms with Crippen molar-refractivity contribution in [3.8, 4) is 0 Å². The zero-order chi connectivity index (χ0) is 12.8. The van der Waals surface area contributed by atoms with Gasteiger partial charge in [0.05, 0.1) is 17.8 Å². The maximum Gasteiger partial charge on any atom is 0.0706 e. The molecule has 0 saturated carbocycles. The normalized spacial score (nSPS) is 12.7. The summed E-state index contributed by atoms with van der Waals surface area (Å²) in [6, 6.07) is 0. The van der Waals surface area contributed by atoms with Gasteiger partial charge >= 0.3 is 0 Å². The van der Waals surface area contributed by atoms with Crippen LogP contribution in [0.25, 0.3) is 0 Å². The molecule has 0 aromatic rings. The average molecular weight is 259 g/mol. The Bertz CT molecular complexity index is 249. The number of alkyl halides is 1. The second-order valence-electron chi connectivity index (χ2n) is 3.67. The van der Waals surface area contributed by atoms with E-state index in [0.29, 0.717) is 11.6 Å². The first-order chi connectivity index (χ1) is 8.35. The lowest BCUT2D eigenvalue weighted by Gasteiger charge is -1.99. The monoisotopic (exact) mass is 258 g/mol. The topological polar surface area (TPSA) is 62.8 Å². The standard InChI is InChI=1S/C12H23ClN4/c1-2-3-4-5-6-7-16-17-9-8-15-12(10-13)11-14/h8-9,11,16H,2-7,10,14H2,1H3. The van der Waals surface area contributed by atoms with Gasteiger partial charge < -0.3 is 11.2 Å². The van der Waals surface area contributed by atoms with Gasteiger partial charge in [-0.05, 0) is 6.42 Å². The molecular weight excluding hydrogens is 236 g/mol. The summed E-state index contributed by atoms with van der Waals surface area (Å²) in [5.74, 6) is 0.311. The highest BCUT2D eigenvalue weighted by Gasteiger charge is 1.87. The molecule has 0 amide bonds. The summed E-state index contributed by atoms with van der Waals surface area (Å²) >= 11 is 5.57. The zero-order valence-electron chi connectivity index (χ0n) is 10.5. The molecule has 0 saturated heterocycles. The number of nitrogens with two attached hydrogens (primary N) is 1. The van der Waals surface area contributed by atoms with Gasteiger partial charge in [-0.15, -0.1) is 11.6 Å². The van der Waals surface area contributed by atoms with Gasteiger partial charge in [-0.1, -0.05) is 32.6 Å². The average Bonchev–Trinajstić information content (AvgIpc) is 2.36. The van der Waals surface area contributed by atoms with Crippen LogP contribution in [0, 0.1) is 0 Å². The minimum Gasteiger partial charge on any atom is -0.403 e. The molecule has 0 heterocycles. The molecule has 98 valence electrons. The molecule has 0 radical (unpaired) electrons. The molecule has 0 atom stereocenters. The van der Waals surface area contributed by atoms with Crippen LogP contribution in [0.2, 0.25) is 0 Å². The number of unbranched alkanes of at least 4 members (excludes halogenated alkanes) is 4. The van der Waals surface area contributed by atoms with Gasteiger partial charge in [-0.3, -0.25) is 4.99 Å². The third-order valence-electron chi connectivity index (χ3n) is 2.19. The molecule has 3 N–H and O–H groups in total. The lowest BCUT2D eigenvalue weighted by Crippen LogP contribution is -2.07. The Kier molecular flexibility index (Phi) is 12.2. The molecule has 0 unspecified atom stereocenters. The molecule has 0 bridgehead atoms. The molecule has 5 heteroatoms. The highest BCUT2D eigenvalue weighted by Crippen LogP contribution is 2.00. The summed E-state index contributed by atoms with van der Waals surface area (Å²) in [5.41, 5.74) is 8.89. The van der Waals surface area contributed by atoms with Gasteiger partial charge in [-0.25, -0.2) is 0 Å². The van der Waals surface area contributed by atoms with Gasteiger partial charge in [0.1, 0.15) is 0 Å². The number of aliphatic imine (C=N–C) groups is 1. The summed E-state index contributed by atoms with van der Waals surface area (Å²) in [6.45, 7) is 3.12. The molecule has 0 aliphatic heterocycles. The SMILES string of the molecule is CCCCCCCNN=CC=NC(=CN)CCl. The maximum absolute atomic E-state index is 5.57. The summed E-state index contributed by atoms with van der Waals surface area (Å²) < 4.78 is 0. The molecule has 0 rings (SSSR count). The van der Waals surface area contributed by atoms with E-state index < -0.39 is 0 Å². The Morgan fingerprint density at radius 3 is 2.65 bits per heavy atom. The van der Waals surface area contributed by atoms with E-state index in [4.69, 9.17) is 17.3 Å². The van der Waals surface area contributed by atoms with Crippen LogP contribution in [0.15, 0.2) is 22.0 Å². The first-order valence-electron chi connectivity index (χ1n) is 6.10. The summed E-state index contributed by atoms with van der Waals surface area (Å²) in [7, 11) is 0. The number of hydrogen-bond donors (Lipinski definition) is 2. The summed E-state index contributed by atoms with van der Waals surface area (Å²) in [6.07, 6.45) is 10.9. The van der Waals surface area contributed by atoms with Gasteiger partial charge in [0, 0.05) is 19.0 Å². The number of nitrogens with one attached hydrogen (secondary N) is 1. The van der Waals surface area contributed by atoms with E-state index >= 15 is 0 Å². The van der Waals surface area contributed by atoms with Crippen LogP contribution in [0.5, 0.6) is 0 Å². The molecule has 0 aliphatic rings. The highest BCUT2D eigenvalue weighted by atomic mass is 35.5. The summed E-state index contributed by atoms with van der Waals surface area (Å²) in [4.78, 5) is 4.01. The fourth-order valence-electron chi connectivity index (χ4n) is 1.21. The minimum atomic E-state index is 0.311. The van der Waals surface area contributed by atoms with Crippen LogP contribution >= 0.6 is 11.6 Å². The van der Waals surface area contributed by atoms with Crippen molar-refractivity contribution in [3.05, 3.63) is 11.9 Å². The van der Waals surface area contributed by atoms with E-state index in [1.807, 2.05) is 0 Å². The van der Waals surface area contributed by atoms with Crippen molar-refractivity contribution in [2.24, 2.45) is 15.8 Å². The van der Waals surface area contributed by atoms with Crippen molar-refractivity contribution < 1.29 is 0 Å². The predicted molar refractivity (Wildman–Crippen MR) is 76.7 cm³/mol. The second kappa shape index (κ2) is 13.0. The molecule has 4 nitrogen and oxygen atoms in total. The summed E-state index contributed by atoms with van der Waals surface area (Å²) in [5, 5.41) is 3.99. The van der Waals surface area contributed by atoms with Crippen molar-refractivity contribution in [2.45, 2.75) is 39.0 Å². The quantitative estimate of drug-likeness (QED) is 0.274. The molecule has 17 heavy (non-hydrogen) atoms. The smallest absolute Gasteiger partial charge is 0.0706 e.